The smallest absolute Gasteiger partial charge is 0.240 e. The SMILES string of the molecule is COc1ccc(-c2noc(CNCC(C)C)n2)cc1. The molecule has 102 valence electrons. The minimum atomic E-state index is 0.599. The second kappa shape index (κ2) is 6.33. The van der Waals surface area contributed by atoms with Crippen LogP contribution in [-0.4, -0.2) is 23.8 Å². The summed E-state index contributed by atoms with van der Waals surface area (Å²) in [6.45, 7) is 5.84. The lowest BCUT2D eigenvalue weighted by atomic mass is 10.2. The summed E-state index contributed by atoms with van der Waals surface area (Å²) in [5.41, 5.74) is 0.916. The van der Waals surface area contributed by atoms with Crippen LogP contribution >= 0.6 is 0 Å². The van der Waals surface area contributed by atoms with Crippen molar-refractivity contribution in [2.24, 2.45) is 5.92 Å². The van der Waals surface area contributed by atoms with Crippen molar-refractivity contribution >= 4 is 0 Å². The Balaban J connectivity index is 1.99. The zero-order chi connectivity index (χ0) is 13.7. The van der Waals surface area contributed by atoms with Gasteiger partial charge < -0.3 is 14.6 Å². The number of nitrogens with one attached hydrogen (secondary N) is 1. The Morgan fingerprint density at radius 1 is 1.26 bits per heavy atom. The van der Waals surface area contributed by atoms with Gasteiger partial charge in [-0.1, -0.05) is 19.0 Å². The lowest BCUT2D eigenvalue weighted by Gasteiger charge is -2.03. The van der Waals surface area contributed by atoms with E-state index in [9.17, 15) is 0 Å². The number of aromatic nitrogens is 2. The van der Waals surface area contributed by atoms with E-state index < -0.39 is 0 Å². The van der Waals surface area contributed by atoms with E-state index in [1.807, 2.05) is 24.3 Å². The normalized spacial score (nSPS) is 10.9. The van der Waals surface area contributed by atoms with Gasteiger partial charge in [-0.15, -0.1) is 0 Å². The quantitative estimate of drug-likeness (QED) is 0.865. The van der Waals surface area contributed by atoms with Crippen LogP contribution in [0.15, 0.2) is 28.8 Å². The predicted octanol–water partition coefficient (Wildman–Crippen LogP) is 2.49. The Morgan fingerprint density at radius 3 is 2.63 bits per heavy atom. The van der Waals surface area contributed by atoms with Gasteiger partial charge in [0.25, 0.3) is 0 Å². The highest BCUT2D eigenvalue weighted by Crippen LogP contribution is 2.19. The second-order valence-corrected chi connectivity index (χ2v) is 4.76. The van der Waals surface area contributed by atoms with Crippen LogP contribution in [0.4, 0.5) is 0 Å². The summed E-state index contributed by atoms with van der Waals surface area (Å²) in [5, 5.41) is 7.24. The number of hydrogen-bond acceptors (Lipinski definition) is 5. The molecule has 19 heavy (non-hydrogen) atoms. The van der Waals surface area contributed by atoms with Crippen molar-refractivity contribution in [1.29, 1.82) is 0 Å². The van der Waals surface area contributed by atoms with Crippen LogP contribution in [0.1, 0.15) is 19.7 Å². The minimum absolute atomic E-state index is 0.599. The first-order valence-electron chi connectivity index (χ1n) is 6.36. The van der Waals surface area contributed by atoms with Gasteiger partial charge in [-0.3, -0.25) is 0 Å². The summed E-state index contributed by atoms with van der Waals surface area (Å²) >= 11 is 0. The van der Waals surface area contributed by atoms with Crippen molar-refractivity contribution in [2.75, 3.05) is 13.7 Å². The molecule has 0 aliphatic rings. The molecule has 1 aromatic heterocycles. The zero-order valence-corrected chi connectivity index (χ0v) is 11.5. The molecule has 5 heteroatoms. The standard InChI is InChI=1S/C14H19N3O2/c1-10(2)8-15-9-13-16-14(17-19-13)11-4-6-12(18-3)7-5-11/h4-7,10,15H,8-9H2,1-3H3. The van der Waals surface area contributed by atoms with Gasteiger partial charge in [0.15, 0.2) is 0 Å². The summed E-state index contributed by atoms with van der Waals surface area (Å²) in [6, 6.07) is 7.58. The number of hydrogen-bond donors (Lipinski definition) is 1. The minimum Gasteiger partial charge on any atom is -0.497 e. The molecule has 1 heterocycles. The largest absolute Gasteiger partial charge is 0.497 e. The van der Waals surface area contributed by atoms with Crippen molar-refractivity contribution < 1.29 is 9.26 Å². The van der Waals surface area contributed by atoms with Gasteiger partial charge in [0, 0.05) is 5.56 Å². The van der Waals surface area contributed by atoms with Gasteiger partial charge in [-0.25, -0.2) is 0 Å². The number of ether oxygens (including phenoxy) is 1. The summed E-state index contributed by atoms with van der Waals surface area (Å²) in [7, 11) is 1.64. The van der Waals surface area contributed by atoms with Crippen molar-refractivity contribution in [2.45, 2.75) is 20.4 Å². The van der Waals surface area contributed by atoms with E-state index in [1.54, 1.807) is 7.11 Å². The van der Waals surface area contributed by atoms with Crippen molar-refractivity contribution in [1.82, 2.24) is 15.5 Å². The molecule has 1 N–H and O–H groups in total. The van der Waals surface area contributed by atoms with Crippen LogP contribution in [-0.2, 0) is 6.54 Å². The number of nitrogens with zero attached hydrogens (tertiary/aromatic N) is 2. The molecule has 0 amide bonds. The fraction of sp³-hybridized carbons (Fsp3) is 0.429. The molecule has 0 saturated heterocycles. The zero-order valence-electron chi connectivity index (χ0n) is 11.5. The molecule has 5 nitrogen and oxygen atoms in total. The number of methoxy groups -OCH3 is 1. The van der Waals surface area contributed by atoms with Crippen LogP contribution in [0.3, 0.4) is 0 Å². The molecule has 1 aromatic carbocycles. The topological polar surface area (TPSA) is 60.2 Å². The first-order chi connectivity index (χ1) is 9.19. The highest BCUT2D eigenvalue weighted by atomic mass is 16.5. The fourth-order valence-corrected chi connectivity index (χ4v) is 1.65. The highest BCUT2D eigenvalue weighted by molar-refractivity contribution is 5.55. The number of rotatable bonds is 6. The van der Waals surface area contributed by atoms with Gasteiger partial charge in [-0.2, -0.15) is 4.98 Å². The van der Waals surface area contributed by atoms with Gasteiger partial charge in [-0.05, 0) is 36.7 Å². The van der Waals surface area contributed by atoms with E-state index in [4.69, 9.17) is 9.26 Å². The lowest BCUT2D eigenvalue weighted by molar-refractivity contribution is 0.364. The second-order valence-electron chi connectivity index (χ2n) is 4.76. The van der Waals surface area contributed by atoms with Crippen molar-refractivity contribution in [3.63, 3.8) is 0 Å². The van der Waals surface area contributed by atoms with E-state index >= 15 is 0 Å². The fourth-order valence-electron chi connectivity index (χ4n) is 1.65. The van der Waals surface area contributed by atoms with Crippen LogP contribution in [0.25, 0.3) is 11.4 Å². The maximum atomic E-state index is 5.20. The molecule has 0 spiro atoms. The Hall–Kier alpha value is -1.88. The van der Waals surface area contributed by atoms with Crippen molar-refractivity contribution in [3.8, 4) is 17.1 Å². The molecular weight excluding hydrogens is 242 g/mol. The molecule has 0 unspecified atom stereocenters. The number of benzene rings is 1. The first kappa shape index (κ1) is 13.5. The first-order valence-corrected chi connectivity index (χ1v) is 6.36. The van der Waals surface area contributed by atoms with Gasteiger partial charge >= 0.3 is 0 Å². The van der Waals surface area contributed by atoms with Crippen LogP contribution in [0, 0.1) is 5.92 Å². The molecule has 0 saturated carbocycles. The van der Waals surface area contributed by atoms with Gasteiger partial charge in [0.05, 0.1) is 13.7 Å². The average molecular weight is 261 g/mol. The van der Waals surface area contributed by atoms with Crippen molar-refractivity contribution in [3.05, 3.63) is 30.2 Å². The maximum Gasteiger partial charge on any atom is 0.240 e. The van der Waals surface area contributed by atoms with E-state index in [-0.39, 0.29) is 0 Å². The molecule has 0 bridgehead atoms. The highest BCUT2D eigenvalue weighted by Gasteiger charge is 2.08. The summed E-state index contributed by atoms with van der Waals surface area (Å²) < 4.78 is 10.3. The Bertz CT molecular complexity index is 506. The van der Waals surface area contributed by atoms with Gasteiger partial charge in [0.1, 0.15) is 5.75 Å². The van der Waals surface area contributed by atoms with E-state index in [1.165, 1.54) is 0 Å². The van der Waals surface area contributed by atoms with E-state index in [2.05, 4.69) is 29.3 Å². The molecule has 0 fully saturated rings. The Labute approximate surface area is 113 Å². The maximum absolute atomic E-state index is 5.20. The third kappa shape index (κ3) is 3.79. The molecule has 2 aromatic rings. The van der Waals surface area contributed by atoms with Crippen LogP contribution < -0.4 is 10.1 Å². The van der Waals surface area contributed by atoms with E-state index in [0.717, 1.165) is 17.9 Å². The molecule has 0 atom stereocenters. The van der Waals surface area contributed by atoms with E-state index in [0.29, 0.717) is 24.2 Å². The molecular formula is C14H19N3O2. The van der Waals surface area contributed by atoms with Crippen LogP contribution in [0.5, 0.6) is 5.75 Å². The Kier molecular flexibility index (Phi) is 4.52. The predicted molar refractivity (Wildman–Crippen MR) is 72.8 cm³/mol. The third-order valence-electron chi connectivity index (χ3n) is 2.65. The lowest BCUT2D eigenvalue weighted by Crippen LogP contribution is -2.19. The molecule has 0 aliphatic carbocycles. The molecule has 0 aliphatic heterocycles. The summed E-state index contributed by atoms with van der Waals surface area (Å²) in [5.74, 6) is 2.62. The third-order valence-corrected chi connectivity index (χ3v) is 2.65. The summed E-state index contributed by atoms with van der Waals surface area (Å²) in [6.07, 6.45) is 0. The van der Waals surface area contributed by atoms with Gasteiger partial charge in [0.2, 0.25) is 11.7 Å². The monoisotopic (exact) mass is 261 g/mol. The average Bonchev–Trinajstić information content (AvgIpc) is 2.87. The Morgan fingerprint density at radius 2 is 2.00 bits per heavy atom. The summed E-state index contributed by atoms with van der Waals surface area (Å²) in [4.78, 5) is 4.35. The molecule has 0 radical (unpaired) electrons. The molecule has 2 rings (SSSR count). The van der Waals surface area contributed by atoms with Crippen LogP contribution in [0.2, 0.25) is 0 Å².